The van der Waals surface area contributed by atoms with Gasteiger partial charge >= 0.3 is 0 Å². The molecule has 0 aliphatic carbocycles. The molecule has 14 heavy (non-hydrogen) atoms. The molecule has 0 atom stereocenters. The van der Waals surface area contributed by atoms with E-state index >= 15 is 0 Å². The van der Waals surface area contributed by atoms with Crippen molar-refractivity contribution < 1.29 is 0 Å². The summed E-state index contributed by atoms with van der Waals surface area (Å²) in [5.74, 6) is 0. The Bertz CT molecular complexity index is 380. The van der Waals surface area contributed by atoms with E-state index in [0.717, 1.165) is 18.2 Å². The van der Waals surface area contributed by atoms with Crippen molar-refractivity contribution in [1.29, 1.82) is 0 Å². The maximum Gasteiger partial charge on any atom is 0.0980 e. The van der Waals surface area contributed by atoms with Gasteiger partial charge in [0, 0.05) is 28.4 Å². The van der Waals surface area contributed by atoms with Gasteiger partial charge in [-0.15, -0.1) is 22.7 Å². The van der Waals surface area contributed by atoms with Gasteiger partial charge in [0.05, 0.1) is 10.7 Å². The van der Waals surface area contributed by atoms with Gasteiger partial charge in [-0.1, -0.05) is 22.0 Å². The van der Waals surface area contributed by atoms with Gasteiger partial charge in [0.1, 0.15) is 0 Å². The monoisotopic (exact) mass is 287 g/mol. The van der Waals surface area contributed by atoms with Crippen molar-refractivity contribution in [2.24, 2.45) is 0 Å². The molecule has 0 N–H and O–H groups in total. The highest BCUT2D eigenvalue weighted by Crippen LogP contribution is 2.18. The lowest BCUT2D eigenvalue weighted by Crippen LogP contribution is -1.88. The van der Waals surface area contributed by atoms with Gasteiger partial charge in [0.15, 0.2) is 0 Å². The molecule has 0 unspecified atom stereocenters. The van der Waals surface area contributed by atoms with Gasteiger partial charge in [-0.2, -0.15) is 0 Å². The summed E-state index contributed by atoms with van der Waals surface area (Å²) in [6.07, 6.45) is 2.02. The summed E-state index contributed by atoms with van der Waals surface area (Å²) in [6, 6.07) is 4.25. The lowest BCUT2D eigenvalue weighted by atomic mass is 10.3. The van der Waals surface area contributed by atoms with Crippen LogP contribution in [-0.2, 0) is 12.8 Å². The first-order chi connectivity index (χ1) is 6.88. The minimum atomic E-state index is 0.991. The molecule has 0 aliphatic rings. The van der Waals surface area contributed by atoms with Gasteiger partial charge in [-0.05, 0) is 11.4 Å². The van der Waals surface area contributed by atoms with E-state index in [-0.39, 0.29) is 0 Å². The van der Waals surface area contributed by atoms with Crippen molar-refractivity contribution in [3.63, 3.8) is 0 Å². The van der Waals surface area contributed by atoms with Gasteiger partial charge < -0.3 is 0 Å². The fourth-order valence-corrected chi connectivity index (χ4v) is 3.26. The number of alkyl halides is 1. The predicted octanol–water partition coefficient (Wildman–Crippen LogP) is 3.73. The highest BCUT2D eigenvalue weighted by atomic mass is 79.9. The Morgan fingerprint density at radius 2 is 2.29 bits per heavy atom. The van der Waals surface area contributed by atoms with E-state index in [0.29, 0.717) is 0 Å². The molecule has 0 saturated heterocycles. The fraction of sp³-hybridized carbons (Fsp3) is 0.300. The SMILES string of the molecule is BrCCc1csc(Cc2cccs2)n1. The molecule has 2 aromatic rings. The summed E-state index contributed by atoms with van der Waals surface area (Å²) in [6.45, 7) is 0. The third-order valence-electron chi connectivity index (χ3n) is 1.86. The van der Waals surface area contributed by atoms with Crippen LogP contribution in [0, 0.1) is 0 Å². The van der Waals surface area contributed by atoms with E-state index in [1.165, 1.54) is 15.6 Å². The van der Waals surface area contributed by atoms with Crippen LogP contribution in [0.15, 0.2) is 22.9 Å². The van der Waals surface area contributed by atoms with E-state index in [1.807, 2.05) is 0 Å². The zero-order valence-corrected chi connectivity index (χ0v) is 10.8. The maximum atomic E-state index is 4.57. The quantitative estimate of drug-likeness (QED) is 0.781. The molecule has 0 spiro atoms. The zero-order valence-electron chi connectivity index (χ0n) is 7.57. The van der Waals surface area contributed by atoms with Crippen LogP contribution in [-0.4, -0.2) is 10.3 Å². The number of hydrogen-bond donors (Lipinski definition) is 0. The lowest BCUT2D eigenvalue weighted by molar-refractivity contribution is 1.04. The Morgan fingerprint density at radius 3 is 3.00 bits per heavy atom. The van der Waals surface area contributed by atoms with Crippen molar-refractivity contribution >= 4 is 38.6 Å². The standard InChI is InChI=1S/C10H10BrNS2/c11-4-3-8-7-14-10(12-8)6-9-2-1-5-13-9/h1-2,5,7H,3-4,6H2. The molecular formula is C10H10BrNS2. The molecule has 2 heterocycles. The molecule has 0 amide bonds. The van der Waals surface area contributed by atoms with Gasteiger partial charge in [0.25, 0.3) is 0 Å². The molecule has 0 aromatic carbocycles. The normalized spacial score (nSPS) is 10.6. The number of thiophene rings is 1. The maximum absolute atomic E-state index is 4.57. The molecule has 74 valence electrons. The van der Waals surface area contributed by atoms with E-state index in [9.17, 15) is 0 Å². The summed E-state index contributed by atoms with van der Waals surface area (Å²) in [7, 11) is 0. The van der Waals surface area contributed by atoms with Crippen molar-refractivity contribution in [3.8, 4) is 0 Å². The highest BCUT2D eigenvalue weighted by molar-refractivity contribution is 9.09. The van der Waals surface area contributed by atoms with Crippen LogP contribution in [0.5, 0.6) is 0 Å². The highest BCUT2D eigenvalue weighted by Gasteiger charge is 2.03. The smallest absolute Gasteiger partial charge is 0.0980 e. The molecule has 0 aliphatic heterocycles. The number of hydrogen-bond acceptors (Lipinski definition) is 3. The first-order valence-electron chi connectivity index (χ1n) is 4.40. The molecule has 4 heteroatoms. The summed E-state index contributed by atoms with van der Waals surface area (Å²) >= 11 is 6.98. The Morgan fingerprint density at radius 1 is 1.36 bits per heavy atom. The van der Waals surface area contributed by atoms with E-state index in [1.54, 1.807) is 22.7 Å². The second-order valence-electron chi connectivity index (χ2n) is 2.93. The number of aromatic nitrogens is 1. The van der Waals surface area contributed by atoms with Crippen LogP contribution in [0.4, 0.5) is 0 Å². The Balaban J connectivity index is 2.03. The Hall–Kier alpha value is -0.190. The second kappa shape index (κ2) is 5.05. The van der Waals surface area contributed by atoms with Crippen LogP contribution >= 0.6 is 38.6 Å². The minimum absolute atomic E-state index is 0.991. The third-order valence-corrected chi connectivity index (χ3v) is 4.03. The van der Waals surface area contributed by atoms with Crippen molar-refractivity contribution in [2.45, 2.75) is 12.8 Å². The van der Waals surface area contributed by atoms with Gasteiger partial charge in [-0.3, -0.25) is 0 Å². The Kier molecular flexibility index (Phi) is 3.73. The van der Waals surface area contributed by atoms with Gasteiger partial charge in [-0.25, -0.2) is 4.98 Å². The molecule has 1 nitrogen and oxygen atoms in total. The third kappa shape index (κ3) is 2.65. The first-order valence-corrected chi connectivity index (χ1v) is 7.28. The van der Waals surface area contributed by atoms with Crippen LogP contribution in [0.25, 0.3) is 0 Å². The average molecular weight is 288 g/mol. The second-order valence-corrected chi connectivity index (χ2v) is 5.70. The first kappa shape index (κ1) is 10.3. The molecule has 0 radical (unpaired) electrons. The molecule has 2 aromatic heterocycles. The largest absolute Gasteiger partial charge is 0.246 e. The molecule has 0 bridgehead atoms. The zero-order chi connectivity index (χ0) is 9.80. The van der Waals surface area contributed by atoms with Crippen molar-refractivity contribution in [3.05, 3.63) is 38.5 Å². The number of halogens is 1. The number of rotatable bonds is 4. The van der Waals surface area contributed by atoms with E-state index in [4.69, 9.17) is 0 Å². The fourth-order valence-electron chi connectivity index (χ4n) is 1.20. The topological polar surface area (TPSA) is 12.9 Å². The molecular weight excluding hydrogens is 278 g/mol. The summed E-state index contributed by atoms with van der Waals surface area (Å²) in [4.78, 5) is 5.96. The van der Waals surface area contributed by atoms with Crippen LogP contribution < -0.4 is 0 Å². The summed E-state index contributed by atoms with van der Waals surface area (Å²) < 4.78 is 0. The number of thiazole rings is 1. The van der Waals surface area contributed by atoms with Crippen LogP contribution in [0.3, 0.4) is 0 Å². The predicted molar refractivity (Wildman–Crippen MR) is 66.7 cm³/mol. The molecule has 2 rings (SSSR count). The van der Waals surface area contributed by atoms with Gasteiger partial charge in [0.2, 0.25) is 0 Å². The average Bonchev–Trinajstić information content (AvgIpc) is 2.79. The van der Waals surface area contributed by atoms with E-state index < -0.39 is 0 Å². The van der Waals surface area contributed by atoms with Crippen LogP contribution in [0.1, 0.15) is 15.6 Å². The van der Waals surface area contributed by atoms with Crippen molar-refractivity contribution in [1.82, 2.24) is 4.98 Å². The number of nitrogens with zero attached hydrogens (tertiary/aromatic N) is 1. The molecule has 0 saturated carbocycles. The molecule has 0 fully saturated rings. The van der Waals surface area contributed by atoms with Crippen molar-refractivity contribution in [2.75, 3.05) is 5.33 Å². The van der Waals surface area contributed by atoms with Crippen LogP contribution in [0.2, 0.25) is 0 Å². The summed E-state index contributed by atoms with van der Waals surface area (Å²) in [5.41, 5.74) is 1.21. The number of aryl methyl sites for hydroxylation is 1. The minimum Gasteiger partial charge on any atom is -0.246 e. The summed E-state index contributed by atoms with van der Waals surface area (Å²) in [5, 5.41) is 6.49. The lowest BCUT2D eigenvalue weighted by Gasteiger charge is -1.91. The van der Waals surface area contributed by atoms with E-state index in [2.05, 4.69) is 43.8 Å². The Labute approximate surface area is 100.0 Å².